The average Bonchev–Trinajstić information content (AvgIpc) is 3.07. The maximum atomic E-state index is 12.6. The summed E-state index contributed by atoms with van der Waals surface area (Å²) < 4.78 is 7.44. The van der Waals surface area contributed by atoms with Gasteiger partial charge in [-0.2, -0.15) is 5.10 Å². The number of para-hydroxylation sites is 1. The fourth-order valence-corrected chi connectivity index (χ4v) is 2.94. The predicted octanol–water partition coefficient (Wildman–Crippen LogP) is 4.38. The van der Waals surface area contributed by atoms with Crippen molar-refractivity contribution in [3.63, 3.8) is 0 Å². The normalized spacial score (nSPS) is 10.6. The number of carbonyl (C=O) groups is 1. The van der Waals surface area contributed by atoms with Crippen molar-refractivity contribution < 1.29 is 9.53 Å². The average molecular weight is 384 g/mol. The lowest BCUT2D eigenvalue weighted by Crippen LogP contribution is -2.29. The van der Waals surface area contributed by atoms with Gasteiger partial charge in [0.15, 0.2) is 5.69 Å². The van der Waals surface area contributed by atoms with E-state index >= 15 is 0 Å². The molecule has 27 heavy (non-hydrogen) atoms. The molecule has 1 aromatic heterocycles. The van der Waals surface area contributed by atoms with Crippen molar-refractivity contribution in [1.29, 1.82) is 0 Å². The highest BCUT2D eigenvalue weighted by atomic mass is 35.5. The van der Waals surface area contributed by atoms with Crippen molar-refractivity contribution in [2.75, 3.05) is 20.2 Å². The number of benzene rings is 2. The van der Waals surface area contributed by atoms with Crippen LogP contribution in [-0.4, -0.2) is 40.8 Å². The van der Waals surface area contributed by atoms with Gasteiger partial charge in [0.25, 0.3) is 5.91 Å². The van der Waals surface area contributed by atoms with Crippen molar-refractivity contribution in [3.05, 3.63) is 77.1 Å². The topological polar surface area (TPSA) is 47.4 Å². The van der Waals surface area contributed by atoms with Crippen LogP contribution in [0.15, 0.2) is 60.7 Å². The van der Waals surface area contributed by atoms with Crippen LogP contribution in [0.25, 0.3) is 5.69 Å². The Kier molecular flexibility index (Phi) is 6.14. The lowest BCUT2D eigenvalue weighted by Gasteiger charge is -2.16. The molecule has 0 bridgehead atoms. The van der Waals surface area contributed by atoms with Gasteiger partial charge in [-0.3, -0.25) is 4.79 Å². The van der Waals surface area contributed by atoms with Crippen LogP contribution < -0.4 is 4.74 Å². The predicted molar refractivity (Wildman–Crippen MR) is 107 cm³/mol. The molecular formula is C21H22ClN3O2. The zero-order chi connectivity index (χ0) is 19.2. The Morgan fingerprint density at radius 3 is 2.67 bits per heavy atom. The van der Waals surface area contributed by atoms with Crippen molar-refractivity contribution in [2.45, 2.75) is 13.3 Å². The molecule has 0 N–H and O–H groups in total. The Hall–Kier alpha value is -2.79. The lowest BCUT2D eigenvalue weighted by atomic mass is 10.3. The number of ether oxygens (including phenoxy) is 1. The Morgan fingerprint density at radius 1 is 1.15 bits per heavy atom. The largest absolute Gasteiger partial charge is 0.493 e. The highest BCUT2D eigenvalue weighted by molar-refractivity contribution is 6.30. The Labute approximate surface area is 164 Å². The van der Waals surface area contributed by atoms with Crippen LogP contribution in [-0.2, 0) is 0 Å². The minimum atomic E-state index is -0.101. The van der Waals surface area contributed by atoms with Gasteiger partial charge in [0.05, 0.1) is 12.3 Å². The van der Waals surface area contributed by atoms with Gasteiger partial charge in [-0.25, -0.2) is 4.68 Å². The van der Waals surface area contributed by atoms with Gasteiger partial charge < -0.3 is 9.64 Å². The molecule has 1 heterocycles. The quantitative estimate of drug-likeness (QED) is 0.569. The van der Waals surface area contributed by atoms with E-state index < -0.39 is 0 Å². The monoisotopic (exact) mass is 383 g/mol. The molecule has 0 saturated carbocycles. The van der Waals surface area contributed by atoms with Crippen LogP contribution >= 0.6 is 11.6 Å². The number of nitrogens with zero attached hydrogens (tertiary/aromatic N) is 3. The number of halogens is 1. The zero-order valence-corrected chi connectivity index (χ0v) is 16.2. The van der Waals surface area contributed by atoms with Crippen LogP contribution in [0, 0.1) is 6.92 Å². The maximum absolute atomic E-state index is 12.6. The van der Waals surface area contributed by atoms with Crippen molar-refractivity contribution in [2.24, 2.45) is 0 Å². The van der Waals surface area contributed by atoms with E-state index in [1.165, 1.54) is 0 Å². The number of aryl methyl sites for hydroxylation is 1. The first-order valence-electron chi connectivity index (χ1n) is 8.80. The second kappa shape index (κ2) is 8.73. The number of amides is 1. The second-order valence-electron chi connectivity index (χ2n) is 6.30. The van der Waals surface area contributed by atoms with E-state index in [-0.39, 0.29) is 5.91 Å². The smallest absolute Gasteiger partial charge is 0.274 e. The molecule has 0 unspecified atom stereocenters. The SMILES string of the molecule is Cc1cc(C(=O)N(C)CCCOc2cccc(Cl)c2)nn1-c1ccccc1. The summed E-state index contributed by atoms with van der Waals surface area (Å²) in [6, 6.07) is 18.9. The molecule has 2 aromatic carbocycles. The highest BCUT2D eigenvalue weighted by Crippen LogP contribution is 2.17. The molecular weight excluding hydrogens is 362 g/mol. The van der Waals surface area contributed by atoms with Crippen molar-refractivity contribution >= 4 is 17.5 Å². The molecule has 0 saturated heterocycles. The number of carbonyl (C=O) groups excluding carboxylic acids is 1. The second-order valence-corrected chi connectivity index (χ2v) is 6.74. The van der Waals surface area contributed by atoms with Crippen LogP contribution in [0.1, 0.15) is 22.6 Å². The molecule has 0 radical (unpaired) electrons. The summed E-state index contributed by atoms with van der Waals surface area (Å²) in [6.07, 6.45) is 0.715. The van der Waals surface area contributed by atoms with Crippen molar-refractivity contribution in [1.82, 2.24) is 14.7 Å². The van der Waals surface area contributed by atoms with Crippen LogP contribution in [0.5, 0.6) is 5.75 Å². The lowest BCUT2D eigenvalue weighted by molar-refractivity contribution is 0.0781. The molecule has 0 fully saturated rings. The number of hydrogen-bond donors (Lipinski definition) is 0. The Morgan fingerprint density at radius 2 is 1.93 bits per heavy atom. The van der Waals surface area contributed by atoms with Crippen LogP contribution in [0.3, 0.4) is 0 Å². The Balaban J connectivity index is 1.54. The summed E-state index contributed by atoms with van der Waals surface area (Å²) in [5.74, 6) is 0.629. The van der Waals surface area contributed by atoms with Gasteiger partial charge >= 0.3 is 0 Å². The van der Waals surface area contributed by atoms with E-state index in [0.29, 0.717) is 30.3 Å². The molecule has 140 valence electrons. The molecule has 0 aliphatic heterocycles. The maximum Gasteiger partial charge on any atom is 0.274 e. The molecule has 5 nitrogen and oxygen atoms in total. The van der Waals surface area contributed by atoms with Crippen LogP contribution in [0.2, 0.25) is 5.02 Å². The zero-order valence-electron chi connectivity index (χ0n) is 15.4. The molecule has 0 spiro atoms. The summed E-state index contributed by atoms with van der Waals surface area (Å²) in [7, 11) is 1.78. The third kappa shape index (κ3) is 4.89. The summed E-state index contributed by atoms with van der Waals surface area (Å²) in [5, 5.41) is 5.11. The minimum absolute atomic E-state index is 0.101. The van der Waals surface area contributed by atoms with E-state index in [1.54, 1.807) is 28.8 Å². The molecule has 0 aliphatic rings. The first kappa shape index (κ1) is 19.0. The molecule has 0 atom stereocenters. The minimum Gasteiger partial charge on any atom is -0.493 e. The number of hydrogen-bond acceptors (Lipinski definition) is 3. The van der Waals surface area contributed by atoms with E-state index in [9.17, 15) is 4.79 Å². The highest BCUT2D eigenvalue weighted by Gasteiger charge is 2.17. The Bertz CT molecular complexity index is 909. The third-order valence-corrected chi connectivity index (χ3v) is 4.39. The fourth-order valence-electron chi connectivity index (χ4n) is 2.76. The van der Waals surface area contributed by atoms with Gasteiger partial charge in [0.1, 0.15) is 5.75 Å². The first-order valence-corrected chi connectivity index (χ1v) is 9.18. The standard InChI is InChI=1S/C21H22ClN3O2/c1-16-14-20(23-25(16)18-9-4-3-5-10-18)21(26)24(2)12-7-13-27-19-11-6-8-17(22)15-19/h3-6,8-11,14-15H,7,12-13H2,1-2H3. The number of aromatic nitrogens is 2. The fraction of sp³-hybridized carbons (Fsp3) is 0.238. The van der Waals surface area contributed by atoms with Gasteiger partial charge in [-0.05, 0) is 49.7 Å². The molecule has 6 heteroatoms. The third-order valence-electron chi connectivity index (χ3n) is 4.16. The summed E-state index contributed by atoms with van der Waals surface area (Å²) in [5.41, 5.74) is 2.29. The first-order chi connectivity index (χ1) is 13.0. The molecule has 0 aliphatic carbocycles. The molecule has 1 amide bonds. The van der Waals surface area contributed by atoms with Crippen molar-refractivity contribution in [3.8, 4) is 11.4 Å². The molecule has 3 aromatic rings. The van der Waals surface area contributed by atoms with Crippen LogP contribution in [0.4, 0.5) is 0 Å². The van der Waals surface area contributed by atoms with Gasteiger partial charge in [-0.1, -0.05) is 35.9 Å². The summed E-state index contributed by atoms with van der Waals surface area (Å²) in [4.78, 5) is 14.3. The van der Waals surface area contributed by atoms with E-state index in [0.717, 1.165) is 17.1 Å². The van der Waals surface area contributed by atoms with E-state index in [1.807, 2.05) is 55.5 Å². The van der Waals surface area contributed by atoms with Gasteiger partial charge in [0, 0.05) is 24.3 Å². The summed E-state index contributed by atoms with van der Waals surface area (Å²) in [6.45, 7) is 3.03. The number of rotatable bonds is 7. The van der Waals surface area contributed by atoms with Gasteiger partial charge in [0.2, 0.25) is 0 Å². The summed E-state index contributed by atoms with van der Waals surface area (Å²) >= 11 is 5.93. The van der Waals surface area contributed by atoms with E-state index in [4.69, 9.17) is 16.3 Å². The van der Waals surface area contributed by atoms with Gasteiger partial charge in [-0.15, -0.1) is 0 Å². The van der Waals surface area contributed by atoms with E-state index in [2.05, 4.69) is 5.10 Å². The molecule has 3 rings (SSSR count).